The Bertz CT molecular complexity index is 868. The first kappa shape index (κ1) is 16.1. The fourth-order valence-electron chi connectivity index (χ4n) is 2.51. The maximum absolute atomic E-state index is 12.1. The molecule has 0 unspecified atom stereocenters. The van der Waals surface area contributed by atoms with Gasteiger partial charge in [-0.25, -0.2) is 0 Å². The Morgan fingerprint density at radius 1 is 1.30 bits per heavy atom. The first-order valence-corrected chi connectivity index (χ1v) is 8.80. The van der Waals surface area contributed by atoms with E-state index in [4.69, 9.17) is 0 Å². The summed E-state index contributed by atoms with van der Waals surface area (Å²) in [5.41, 5.74) is 1.00. The molecule has 0 aliphatic carbocycles. The summed E-state index contributed by atoms with van der Waals surface area (Å²) >= 11 is 4.84. The van der Waals surface area contributed by atoms with Gasteiger partial charge in [-0.05, 0) is 25.1 Å². The lowest BCUT2D eigenvalue weighted by Crippen LogP contribution is -2.34. The summed E-state index contributed by atoms with van der Waals surface area (Å²) in [6.07, 6.45) is 0.357. The van der Waals surface area contributed by atoms with E-state index in [0.29, 0.717) is 11.3 Å². The summed E-state index contributed by atoms with van der Waals surface area (Å²) in [5, 5.41) is 0. The smallest absolute Gasteiger partial charge is 0.268 e. The van der Waals surface area contributed by atoms with Gasteiger partial charge < -0.3 is 4.57 Å². The monoisotopic (exact) mass is 395 g/mol. The van der Waals surface area contributed by atoms with E-state index in [9.17, 15) is 14.4 Å². The lowest BCUT2D eigenvalue weighted by atomic mass is 10.3. The largest absolute Gasteiger partial charge is 0.317 e. The summed E-state index contributed by atoms with van der Waals surface area (Å²) in [6, 6.07) is 5.88. The fourth-order valence-corrected chi connectivity index (χ4v) is 4.18. The third-order valence-corrected chi connectivity index (χ3v) is 5.16. The van der Waals surface area contributed by atoms with Crippen molar-refractivity contribution in [1.82, 2.24) is 9.47 Å². The molecule has 120 valence electrons. The number of aryl methyl sites for hydroxylation is 1. The van der Waals surface area contributed by atoms with Gasteiger partial charge in [0.05, 0.1) is 10.2 Å². The highest BCUT2D eigenvalue weighted by molar-refractivity contribution is 9.10. The molecule has 1 aliphatic heterocycles. The predicted octanol–water partition coefficient (Wildman–Crippen LogP) is 2.06. The Kier molecular flexibility index (Phi) is 4.45. The molecular weight excluding hydrogens is 382 g/mol. The Morgan fingerprint density at radius 3 is 2.65 bits per heavy atom. The quantitative estimate of drug-likeness (QED) is 0.746. The Labute approximate surface area is 144 Å². The zero-order valence-electron chi connectivity index (χ0n) is 12.4. The molecule has 6 nitrogen and oxygen atoms in total. The van der Waals surface area contributed by atoms with E-state index in [1.165, 1.54) is 11.3 Å². The first-order valence-electron chi connectivity index (χ1n) is 7.19. The molecule has 1 aromatic heterocycles. The molecule has 0 N–H and O–H groups in total. The van der Waals surface area contributed by atoms with Gasteiger partial charge in [0.2, 0.25) is 11.8 Å². The molecule has 1 saturated heterocycles. The highest BCUT2D eigenvalue weighted by Gasteiger charge is 2.30. The van der Waals surface area contributed by atoms with Crippen molar-refractivity contribution in [3.8, 4) is 0 Å². The molecule has 1 aliphatic rings. The number of aromatic nitrogens is 1. The van der Waals surface area contributed by atoms with E-state index in [2.05, 4.69) is 20.9 Å². The zero-order valence-corrected chi connectivity index (χ0v) is 14.8. The maximum Gasteiger partial charge on any atom is 0.268 e. The van der Waals surface area contributed by atoms with Gasteiger partial charge in [-0.15, -0.1) is 0 Å². The fraction of sp³-hybridized carbons (Fsp3) is 0.333. The van der Waals surface area contributed by atoms with E-state index in [1.54, 1.807) is 0 Å². The topological polar surface area (TPSA) is 71.7 Å². The van der Waals surface area contributed by atoms with Crippen LogP contribution in [0.25, 0.3) is 10.2 Å². The van der Waals surface area contributed by atoms with Crippen LogP contribution < -0.4 is 4.80 Å². The predicted molar refractivity (Wildman–Crippen MR) is 89.7 cm³/mol. The van der Waals surface area contributed by atoms with E-state index in [1.807, 2.05) is 29.7 Å². The van der Waals surface area contributed by atoms with Gasteiger partial charge in [-0.3, -0.25) is 19.3 Å². The molecule has 3 rings (SSSR count). The minimum atomic E-state index is -0.485. The molecule has 0 radical (unpaired) electrons. The van der Waals surface area contributed by atoms with Gasteiger partial charge in [0, 0.05) is 23.9 Å². The van der Waals surface area contributed by atoms with Crippen molar-refractivity contribution in [1.29, 1.82) is 0 Å². The molecule has 0 atom stereocenters. The summed E-state index contributed by atoms with van der Waals surface area (Å²) in [5.74, 6) is -1.09. The van der Waals surface area contributed by atoms with Crippen LogP contribution in [0, 0.1) is 0 Å². The van der Waals surface area contributed by atoms with Gasteiger partial charge in [0.1, 0.15) is 6.54 Å². The van der Waals surface area contributed by atoms with E-state index >= 15 is 0 Å². The number of nitrogens with zero attached hydrogens (tertiary/aromatic N) is 3. The molecule has 8 heteroatoms. The van der Waals surface area contributed by atoms with Crippen molar-refractivity contribution in [2.24, 2.45) is 4.99 Å². The number of likely N-dealkylation sites (tertiary alicyclic amines) is 1. The van der Waals surface area contributed by atoms with Crippen LogP contribution in [0.3, 0.4) is 0 Å². The second-order valence-corrected chi connectivity index (χ2v) is 7.04. The molecule has 1 fully saturated rings. The van der Waals surface area contributed by atoms with E-state index in [-0.39, 0.29) is 31.2 Å². The summed E-state index contributed by atoms with van der Waals surface area (Å²) < 4.78 is 3.92. The molecule has 3 amide bonds. The zero-order chi connectivity index (χ0) is 16.6. The summed E-state index contributed by atoms with van der Waals surface area (Å²) in [6.45, 7) is 2.37. The molecular formula is C15H14BrN3O3S. The third-order valence-electron chi connectivity index (χ3n) is 3.63. The van der Waals surface area contributed by atoms with Crippen LogP contribution in [0.2, 0.25) is 0 Å². The van der Waals surface area contributed by atoms with Crippen LogP contribution >= 0.6 is 27.3 Å². The average Bonchev–Trinajstić information content (AvgIpc) is 3.00. The molecule has 2 heterocycles. The molecule has 0 saturated carbocycles. The Morgan fingerprint density at radius 2 is 2.00 bits per heavy atom. The van der Waals surface area contributed by atoms with E-state index < -0.39 is 5.91 Å². The van der Waals surface area contributed by atoms with Crippen molar-refractivity contribution in [3.05, 3.63) is 27.5 Å². The second kappa shape index (κ2) is 6.37. The van der Waals surface area contributed by atoms with Crippen molar-refractivity contribution in [2.75, 3.05) is 6.54 Å². The molecule has 2 aromatic rings. The number of rotatable bonds is 3. The van der Waals surface area contributed by atoms with Crippen LogP contribution in [0.5, 0.6) is 0 Å². The number of halogens is 1. The van der Waals surface area contributed by atoms with Crippen LogP contribution in [-0.4, -0.2) is 33.7 Å². The van der Waals surface area contributed by atoms with Crippen LogP contribution in [-0.2, 0) is 20.9 Å². The number of fused-ring (bicyclic) bond motifs is 1. The number of hydrogen-bond acceptors (Lipinski definition) is 4. The Balaban J connectivity index is 1.95. The standard InChI is InChI=1S/C15H14BrN3O3S/c1-2-18-10-4-3-9(16)7-11(10)23-15(18)17-12(20)8-19-13(21)5-6-14(19)22/h3-4,7H,2,5-6,8H2,1H3. The number of carbonyl (C=O) groups is 3. The molecule has 0 spiro atoms. The van der Waals surface area contributed by atoms with Crippen molar-refractivity contribution in [3.63, 3.8) is 0 Å². The summed E-state index contributed by atoms with van der Waals surface area (Å²) in [4.78, 5) is 41.0. The van der Waals surface area contributed by atoms with Crippen molar-refractivity contribution >= 4 is 55.2 Å². The highest BCUT2D eigenvalue weighted by Crippen LogP contribution is 2.22. The molecule has 1 aromatic carbocycles. The minimum absolute atomic E-state index is 0.179. The van der Waals surface area contributed by atoms with Crippen molar-refractivity contribution < 1.29 is 14.4 Å². The second-order valence-electron chi connectivity index (χ2n) is 5.12. The molecule has 0 bridgehead atoms. The molecule has 23 heavy (non-hydrogen) atoms. The number of imide groups is 1. The number of thiazole rings is 1. The maximum atomic E-state index is 12.1. The number of hydrogen-bond donors (Lipinski definition) is 0. The van der Waals surface area contributed by atoms with Gasteiger partial charge in [0.25, 0.3) is 5.91 Å². The van der Waals surface area contributed by atoms with Gasteiger partial charge >= 0.3 is 0 Å². The van der Waals surface area contributed by atoms with Crippen LogP contribution in [0.4, 0.5) is 0 Å². The summed E-state index contributed by atoms with van der Waals surface area (Å²) in [7, 11) is 0. The normalized spacial score (nSPS) is 15.9. The van der Waals surface area contributed by atoms with Crippen LogP contribution in [0.1, 0.15) is 19.8 Å². The average molecular weight is 396 g/mol. The number of benzene rings is 1. The highest BCUT2D eigenvalue weighted by atomic mass is 79.9. The minimum Gasteiger partial charge on any atom is -0.317 e. The van der Waals surface area contributed by atoms with Crippen molar-refractivity contribution in [2.45, 2.75) is 26.3 Å². The van der Waals surface area contributed by atoms with Gasteiger partial charge in [0.15, 0.2) is 4.80 Å². The SMILES string of the molecule is CCn1c(=NC(=O)CN2C(=O)CCC2=O)sc2cc(Br)ccc21. The van der Waals surface area contributed by atoms with Crippen LogP contribution in [0.15, 0.2) is 27.7 Å². The Hall–Kier alpha value is -1.80. The third kappa shape index (κ3) is 3.13. The van der Waals surface area contributed by atoms with Gasteiger partial charge in [-0.1, -0.05) is 27.3 Å². The van der Waals surface area contributed by atoms with Gasteiger partial charge in [-0.2, -0.15) is 4.99 Å². The van der Waals surface area contributed by atoms with E-state index in [0.717, 1.165) is 19.6 Å². The number of amides is 3. The lowest BCUT2D eigenvalue weighted by molar-refractivity contribution is -0.141. The lowest BCUT2D eigenvalue weighted by Gasteiger charge is -2.10. The first-order chi connectivity index (χ1) is 11.0. The number of carbonyl (C=O) groups excluding carboxylic acids is 3.